The number of aromatic amines is 1. The molecule has 1 aromatic heterocycles. The summed E-state index contributed by atoms with van der Waals surface area (Å²) in [5.41, 5.74) is -2.20. The van der Waals surface area contributed by atoms with Crippen LogP contribution in [0.2, 0.25) is 0 Å². The first-order valence-corrected chi connectivity index (χ1v) is 17.8. The summed E-state index contributed by atoms with van der Waals surface area (Å²) in [6.45, 7) is 4.36. The summed E-state index contributed by atoms with van der Waals surface area (Å²) in [7, 11) is 1.20. The number of carbonyl (C=O) groups is 2. The Morgan fingerprint density at radius 2 is 1.96 bits per heavy atom. The summed E-state index contributed by atoms with van der Waals surface area (Å²) >= 11 is 0. The summed E-state index contributed by atoms with van der Waals surface area (Å²) in [6.07, 6.45) is 3.98. The molecule has 9 unspecified atom stereocenters. The molecule has 9 atom stereocenters. The number of methoxy groups -OCH3 is 1. The fraction of sp³-hybridized carbons (Fsp3) is 0.676. The first-order chi connectivity index (χ1) is 23.9. The summed E-state index contributed by atoms with van der Waals surface area (Å²) in [4.78, 5) is 28.1. The minimum atomic E-state index is -2.29. The number of H-pyrrole nitrogens is 1. The molecule has 6 rings (SSSR count). The largest absolute Gasteiger partial charge is 0.481 e. The molecule has 13 nitrogen and oxygen atoms in total. The number of carboxylic acid groups (broad SMARTS) is 1. The predicted molar refractivity (Wildman–Crippen MR) is 178 cm³/mol. The Labute approximate surface area is 290 Å². The Hall–Kier alpha value is -3.04. The minimum Gasteiger partial charge on any atom is -0.481 e. The Morgan fingerprint density at radius 3 is 2.58 bits per heavy atom. The predicted octanol–water partition coefficient (Wildman–Crippen LogP) is 0.856. The highest BCUT2D eigenvalue weighted by Gasteiger charge is 2.75. The number of rotatable bonds is 13. The highest BCUT2D eigenvalue weighted by atomic mass is 16.7. The maximum atomic E-state index is 12.6. The Morgan fingerprint density at radius 1 is 1.22 bits per heavy atom. The molecule has 1 aromatic rings. The van der Waals surface area contributed by atoms with E-state index in [1.54, 1.807) is 0 Å². The molecule has 3 aliphatic carbocycles. The number of carbonyl (C=O) groups excluding carboxylic acids is 1. The van der Waals surface area contributed by atoms with E-state index >= 15 is 0 Å². The van der Waals surface area contributed by atoms with Gasteiger partial charge >= 0.3 is 11.9 Å². The molecule has 0 aromatic carbocycles. The van der Waals surface area contributed by atoms with Crippen LogP contribution in [0.1, 0.15) is 82.7 Å². The van der Waals surface area contributed by atoms with Crippen molar-refractivity contribution in [3.05, 3.63) is 46.6 Å². The summed E-state index contributed by atoms with van der Waals surface area (Å²) < 4.78 is 24.6. The molecule has 1 spiro atoms. The minimum absolute atomic E-state index is 0.0467. The molecule has 2 saturated carbocycles. The van der Waals surface area contributed by atoms with E-state index in [2.05, 4.69) is 24.6 Å². The van der Waals surface area contributed by atoms with E-state index in [1.807, 2.05) is 0 Å². The van der Waals surface area contributed by atoms with Gasteiger partial charge in [0.15, 0.2) is 11.2 Å². The molecule has 3 fully saturated rings. The van der Waals surface area contributed by atoms with Crippen molar-refractivity contribution in [2.24, 2.45) is 17.8 Å². The van der Waals surface area contributed by atoms with Crippen LogP contribution in [-0.2, 0) is 28.5 Å². The number of aliphatic carboxylic acids is 1. The molecule has 7 N–H and O–H groups in total. The second kappa shape index (κ2) is 14.2. The van der Waals surface area contributed by atoms with Gasteiger partial charge in [0.1, 0.15) is 24.6 Å². The quantitative estimate of drug-likeness (QED) is 0.113. The number of aromatic nitrogens is 1. The van der Waals surface area contributed by atoms with Crippen LogP contribution < -0.4 is 10.6 Å². The van der Waals surface area contributed by atoms with Crippen molar-refractivity contribution in [3.63, 3.8) is 0 Å². The van der Waals surface area contributed by atoms with Crippen molar-refractivity contribution in [1.29, 1.82) is 0 Å². The summed E-state index contributed by atoms with van der Waals surface area (Å²) in [5, 5.41) is 67.9. The fourth-order valence-electron chi connectivity index (χ4n) is 9.45. The molecule has 5 aliphatic rings. The Kier molecular flexibility index (Phi) is 10.4. The number of hydrogen-bond acceptors (Lipinski definition) is 11. The van der Waals surface area contributed by atoms with Gasteiger partial charge in [0.2, 0.25) is 5.79 Å². The van der Waals surface area contributed by atoms with Crippen LogP contribution in [0.3, 0.4) is 0 Å². The molecular formula is C37H51NO12. The lowest BCUT2D eigenvalue weighted by Crippen LogP contribution is -2.83. The molecular weight excluding hydrogens is 650 g/mol. The van der Waals surface area contributed by atoms with E-state index in [0.717, 1.165) is 29.1 Å². The average molecular weight is 702 g/mol. The van der Waals surface area contributed by atoms with Crippen molar-refractivity contribution >= 4 is 23.3 Å². The lowest BCUT2D eigenvalue weighted by Gasteiger charge is -2.64. The third kappa shape index (κ3) is 5.65. The molecule has 0 amide bonds. The summed E-state index contributed by atoms with van der Waals surface area (Å²) in [6, 6.07) is 2.08. The maximum absolute atomic E-state index is 12.6. The molecule has 1 saturated heterocycles. The molecule has 2 bridgehead atoms. The zero-order valence-electron chi connectivity index (χ0n) is 28.8. The Balaban J connectivity index is 1.43. The number of nitrogens with one attached hydrogen (secondary N) is 1. The lowest BCUT2D eigenvalue weighted by molar-refractivity contribution is -0.434. The van der Waals surface area contributed by atoms with Crippen molar-refractivity contribution in [3.8, 4) is 0 Å². The van der Waals surface area contributed by atoms with Crippen molar-refractivity contribution in [2.75, 3.05) is 26.9 Å². The first kappa shape index (κ1) is 36.7. The van der Waals surface area contributed by atoms with Crippen LogP contribution in [0.15, 0.2) is 30.4 Å². The van der Waals surface area contributed by atoms with Gasteiger partial charge in [-0.1, -0.05) is 31.9 Å². The molecule has 13 heteroatoms. The Bertz CT molecular complexity index is 1630. The van der Waals surface area contributed by atoms with Gasteiger partial charge in [0, 0.05) is 41.3 Å². The fourth-order valence-corrected chi connectivity index (χ4v) is 9.45. The highest BCUT2D eigenvalue weighted by molar-refractivity contribution is 5.90. The van der Waals surface area contributed by atoms with Crippen LogP contribution in [0.5, 0.6) is 0 Å². The lowest BCUT2D eigenvalue weighted by atomic mass is 9.61. The van der Waals surface area contributed by atoms with E-state index in [4.69, 9.17) is 18.9 Å². The van der Waals surface area contributed by atoms with Crippen LogP contribution in [0.4, 0.5) is 0 Å². The van der Waals surface area contributed by atoms with E-state index in [0.29, 0.717) is 30.1 Å². The maximum Gasteiger partial charge on any atom is 0.333 e. The van der Waals surface area contributed by atoms with Crippen molar-refractivity contribution < 1.29 is 59.2 Å². The number of aliphatic hydroxyl groups excluding tert-OH is 4. The second-order valence-corrected chi connectivity index (χ2v) is 14.6. The molecule has 0 radical (unpaired) electrons. The number of hydrogen-bond donors (Lipinski definition) is 7. The van der Waals surface area contributed by atoms with Gasteiger partial charge in [-0.05, 0) is 62.0 Å². The highest BCUT2D eigenvalue weighted by Crippen LogP contribution is 2.57. The van der Waals surface area contributed by atoms with E-state index in [1.165, 1.54) is 32.1 Å². The second-order valence-electron chi connectivity index (χ2n) is 14.6. The van der Waals surface area contributed by atoms with Gasteiger partial charge in [-0.15, -0.1) is 6.58 Å². The zero-order valence-corrected chi connectivity index (χ0v) is 28.8. The van der Waals surface area contributed by atoms with Crippen molar-refractivity contribution in [1.82, 2.24) is 4.98 Å². The monoisotopic (exact) mass is 701 g/mol. The standard InChI is InChI=1S/C37H51NO12/c1-4-22-24(17-31(42)43)23(33(44)47-3)11-12-28(22)48-36(19-41)35(46)14-13-26-25-16-27(20(2)21-8-5-6-9-21)38-32(25)29(10-7-15-39)49-37(26,34(35)45)30(18-40)50-36/h4,11,16,20-22,24,28,30,34,38-41,45-46H,1,5-10,12-15,17-19H2,2-3H3,(H,42,43). The molecule has 50 heavy (non-hydrogen) atoms. The third-order valence-electron chi connectivity index (χ3n) is 12.1. The first-order valence-electron chi connectivity index (χ1n) is 17.8. The zero-order chi connectivity index (χ0) is 36.0. The normalized spacial score (nSPS) is 35.8. The van der Waals surface area contributed by atoms with Crippen LogP contribution in [0, 0.1) is 17.8 Å². The van der Waals surface area contributed by atoms with Crippen LogP contribution in [-0.4, -0.2) is 110 Å². The SMILES string of the molecule is C=CC1C(OC2(CO)OC(CO)C34OC(CCCO)=c5[nH]c(C(C)C6CCCC6)cc5=C3CCC2(O)C4O)CC=C(C(=O)OC)C1CC(=O)O. The van der Waals surface area contributed by atoms with Gasteiger partial charge in [0.05, 0.1) is 31.6 Å². The van der Waals surface area contributed by atoms with Gasteiger partial charge in [-0.25, -0.2) is 4.79 Å². The molecule has 2 aliphatic heterocycles. The summed E-state index contributed by atoms with van der Waals surface area (Å²) in [5.74, 6) is -4.62. The van der Waals surface area contributed by atoms with Gasteiger partial charge < -0.3 is 54.6 Å². The van der Waals surface area contributed by atoms with Gasteiger partial charge in [-0.3, -0.25) is 4.79 Å². The van der Waals surface area contributed by atoms with Crippen LogP contribution >= 0.6 is 0 Å². The van der Waals surface area contributed by atoms with Crippen LogP contribution in [0.25, 0.3) is 11.3 Å². The number of ether oxygens (including phenoxy) is 4. The van der Waals surface area contributed by atoms with Crippen molar-refractivity contribution in [2.45, 2.75) is 112 Å². The van der Waals surface area contributed by atoms with E-state index in [-0.39, 0.29) is 37.4 Å². The van der Waals surface area contributed by atoms with Gasteiger partial charge in [0.25, 0.3) is 0 Å². The topological polar surface area (TPSA) is 208 Å². The van der Waals surface area contributed by atoms with E-state index < -0.39 is 78.7 Å². The number of esters is 1. The number of carboxylic acids is 1. The number of fused-ring (bicyclic) bond motifs is 2. The molecule has 276 valence electrons. The average Bonchev–Trinajstić information content (AvgIpc) is 3.81. The third-order valence-corrected chi connectivity index (χ3v) is 12.1. The smallest absolute Gasteiger partial charge is 0.333 e. The van der Waals surface area contributed by atoms with Gasteiger partial charge in [-0.2, -0.15) is 0 Å². The molecule has 3 heterocycles. The van der Waals surface area contributed by atoms with E-state index in [9.17, 15) is 40.2 Å². The number of aliphatic hydroxyl groups is 5.